The monoisotopic (exact) mass is 422 g/mol. The summed E-state index contributed by atoms with van der Waals surface area (Å²) in [6, 6.07) is 13.0. The predicted molar refractivity (Wildman–Crippen MR) is 117 cm³/mol. The van der Waals surface area contributed by atoms with Crippen LogP contribution in [0.2, 0.25) is 0 Å². The van der Waals surface area contributed by atoms with Crippen molar-refractivity contribution in [1.82, 2.24) is 4.90 Å². The predicted octanol–water partition coefficient (Wildman–Crippen LogP) is 3.70. The van der Waals surface area contributed by atoms with E-state index < -0.39 is 0 Å². The molecule has 0 atom stereocenters. The number of anilines is 1. The van der Waals surface area contributed by atoms with Gasteiger partial charge in [-0.25, -0.2) is 0 Å². The molecule has 0 aromatic heterocycles. The van der Waals surface area contributed by atoms with Gasteiger partial charge in [-0.05, 0) is 44.0 Å². The van der Waals surface area contributed by atoms with E-state index in [1.165, 1.54) is 0 Å². The highest BCUT2D eigenvalue weighted by Gasteiger charge is 2.27. The molecule has 7 heteroatoms. The van der Waals surface area contributed by atoms with E-state index >= 15 is 0 Å². The SMILES string of the molecule is CCOc1ccccc1C=CC(=O)N1CCC(C(=O)Nc2ccc3c(c2)OCO3)CC1. The maximum Gasteiger partial charge on any atom is 0.246 e. The summed E-state index contributed by atoms with van der Waals surface area (Å²) in [6.45, 7) is 3.80. The van der Waals surface area contributed by atoms with Crippen molar-refractivity contribution in [2.24, 2.45) is 5.92 Å². The first-order valence-corrected chi connectivity index (χ1v) is 10.5. The summed E-state index contributed by atoms with van der Waals surface area (Å²) in [7, 11) is 0. The topological polar surface area (TPSA) is 77.1 Å². The molecule has 1 N–H and O–H groups in total. The van der Waals surface area contributed by atoms with Gasteiger partial charge in [0.25, 0.3) is 0 Å². The Labute approximate surface area is 181 Å². The second kappa shape index (κ2) is 9.55. The molecule has 4 rings (SSSR count). The molecule has 0 bridgehead atoms. The normalized spacial score (nSPS) is 15.8. The molecule has 2 heterocycles. The van der Waals surface area contributed by atoms with Crippen molar-refractivity contribution in [3.05, 3.63) is 54.1 Å². The number of hydrogen-bond acceptors (Lipinski definition) is 5. The number of carbonyl (C=O) groups is 2. The van der Waals surface area contributed by atoms with Crippen LogP contribution in [0.15, 0.2) is 48.5 Å². The number of ether oxygens (including phenoxy) is 3. The van der Waals surface area contributed by atoms with E-state index in [1.54, 1.807) is 35.3 Å². The minimum Gasteiger partial charge on any atom is -0.493 e. The second-order valence-corrected chi connectivity index (χ2v) is 7.46. The smallest absolute Gasteiger partial charge is 0.246 e. The molecule has 0 saturated carbocycles. The van der Waals surface area contributed by atoms with Crippen LogP contribution < -0.4 is 19.5 Å². The largest absolute Gasteiger partial charge is 0.493 e. The van der Waals surface area contributed by atoms with Gasteiger partial charge >= 0.3 is 0 Å². The van der Waals surface area contributed by atoms with E-state index in [1.807, 2.05) is 31.2 Å². The van der Waals surface area contributed by atoms with Gasteiger partial charge in [-0.2, -0.15) is 0 Å². The average molecular weight is 422 g/mol. The minimum absolute atomic E-state index is 0.0350. The molecule has 0 aliphatic carbocycles. The maximum absolute atomic E-state index is 12.6. The first-order valence-electron chi connectivity index (χ1n) is 10.5. The van der Waals surface area contributed by atoms with E-state index in [0.29, 0.717) is 49.7 Å². The van der Waals surface area contributed by atoms with Gasteiger partial charge in [0.15, 0.2) is 11.5 Å². The van der Waals surface area contributed by atoms with E-state index in [-0.39, 0.29) is 24.5 Å². The van der Waals surface area contributed by atoms with Crippen LogP contribution in [0.5, 0.6) is 17.2 Å². The molecule has 2 aromatic rings. The Balaban J connectivity index is 1.29. The van der Waals surface area contributed by atoms with E-state index in [0.717, 1.165) is 11.3 Å². The lowest BCUT2D eigenvalue weighted by Gasteiger charge is -2.30. The summed E-state index contributed by atoms with van der Waals surface area (Å²) in [5.74, 6) is 1.86. The minimum atomic E-state index is -0.128. The van der Waals surface area contributed by atoms with Crippen molar-refractivity contribution in [1.29, 1.82) is 0 Å². The summed E-state index contributed by atoms with van der Waals surface area (Å²) in [4.78, 5) is 27.0. The fourth-order valence-electron chi connectivity index (χ4n) is 3.75. The number of hydrogen-bond donors (Lipinski definition) is 1. The molecule has 0 spiro atoms. The van der Waals surface area contributed by atoms with E-state index in [9.17, 15) is 9.59 Å². The van der Waals surface area contributed by atoms with Crippen molar-refractivity contribution < 1.29 is 23.8 Å². The van der Waals surface area contributed by atoms with Crippen molar-refractivity contribution in [2.45, 2.75) is 19.8 Å². The fourth-order valence-corrected chi connectivity index (χ4v) is 3.75. The second-order valence-electron chi connectivity index (χ2n) is 7.46. The standard InChI is InChI=1S/C24H26N2O5/c1-2-29-20-6-4-3-5-17(20)7-10-23(27)26-13-11-18(12-14-26)24(28)25-19-8-9-21-22(15-19)31-16-30-21/h3-10,15,18H,2,11-14,16H2,1H3,(H,25,28). The number of rotatable bonds is 6. The number of para-hydroxylation sites is 1. The average Bonchev–Trinajstić information content (AvgIpc) is 3.26. The summed E-state index contributed by atoms with van der Waals surface area (Å²) in [6.07, 6.45) is 4.62. The third-order valence-corrected chi connectivity index (χ3v) is 5.44. The van der Waals surface area contributed by atoms with Gasteiger partial charge in [-0.1, -0.05) is 18.2 Å². The fraction of sp³-hybridized carbons (Fsp3) is 0.333. The molecule has 1 saturated heterocycles. The lowest BCUT2D eigenvalue weighted by atomic mass is 9.95. The molecule has 0 radical (unpaired) electrons. The number of carbonyl (C=O) groups excluding carboxylic acids is 2. The van der Waals surface area contributed by atoms with E-state index in [4.69, 9.17) is 14.2 Å². The maximum atomic E-state index is 12.6. The lowest BCUT2D eigenvalue weighted by Crippen LogP contribution is -2.40. The Morgan fingerprint density at radius 2 is 1.90 bits per heavy atom. The van der Waals surface area contributed by atoms with Crippen molar-refractivity contribution in [2.75, 3.05) is 31.8 Å². The molecule has 2 aliphatic rings. The zero-order chi connectivity index (χ0) is 21.6. The van der Waals surface area contributed by atoms with Crippen molar-refractivity contribution >= 4 is 23.6 Å². The summed E-state index contributed by atoms with van der Waals surface area (Å²) in [5, 5.41) is 2.94. The highest BCUT2D eigenvalue weighted by Crippen LogP contribution is 2.34. The first kappa shape index (κ1) is 20.8. The number of benzene rings is 2. The Bertz CT molecular complexity index is 980. The molecular weight excluding hydrogens is 396 g/mol. The van der Waals surface area contributed by atoms with Crippen LogP contribution in [0.3, 0.4) is 0 Å². The van der Waals surface area contributed by atoms with Gasteiger partial charge in [0.2, 0.25) is 18.6 Å². The van der Waals surface area contributed by atoms with Crippen molar-refractivity contribution in [3.63, 3.8) is 0 Å². The summed E-state index contributed by atoms with van der Waals surface area (Å²) in [5.41, 5.74) is 1.55. The number of likely N-dealkylation sites (tertiary alicyclic amines) is 1. The molecule has 2 aromatic carbocycles. The quantitative estimate of drug-likeness (QED) is 0.719. The van der Waals surface area contributed by atoms with Crippen LogP contribution in [0.1, 0.15) is 25.3 Å². The highest BCUT2D eigenvalue weighted by atomic mass is 16.7. The van der Waals surface area contributed by atoms with Gasteiger partial charge in [0, 0.05) is 42.4 Å². The first-order chi connectivity index (χ1) is 15.1. The molecule has 162 valence electrons. The Morgan fingerprint density at radius 1 is 1.13 bits per heavy atom. The lowest BCUT2D eigenvalue weighted by molar-refractivity contribution is -0.130. The van der Waals surface area contributed by atoms with Crippen LogP contribution in [-0.4, -0.2) is 43.2 Å². The molecular formula is C24H26N2O5. The zero-order valence-corrected chi connectivity index (χ0v) is 17.5. The van der Waals surface area contributed by atoms with Crippen LogP contribution in [0, 0.1) is 5.92 Å². The van der Waals surface area contributed by atoms with Crippen LogP contribution in [0.4, 0.5) is 5.69 Å². The Morgan fingerprint density at radius 3 is 2.71 bits per heavy atom. The number of nitrogens with zero attached hydrogens (tertiary/aromatic N) is 1. The zero-order valence-electron chi connectivity index (χ0n) is 17.5. The number of nitrogens with one attached hydrogen (secondary N) is 1. The molecule has 31 heavy (non-hydrogen) atoms. The Hall–Kier alpha value is -3.48. The van der Waals surface area contributed by atoms with E-state index in [2.05, 4.69) is 5.32 Å². The molecule has 1 fully saturated rings. The van der Waals surface area contributed by atoms with Gasteiger partial charge in [-0.15, -0.1) is 0 Å². The van der Waals surface area contributed by atoms with Crippen LogP contribution >= 0.6 is 0 Å². The van der Waals surface area contributed by atoms with Gasteiger partial charge in [0.1, 0.15) is 5.75 Å². The molecule has 7 nitrogen and oxygen atoms in total. The van der Waals surface area contributed by atoms with Gasteiger partial charge in [0.05, 0.1) is 6.61 Å². The molecule has 0 unspecified atom stereocenters. The summed E-state index contributed by atoms with van der Waals surface area (Å²) >= 11 is 0. The number of fused-ring (bicyclic) bond motifs is 1. The van der Waals surface area contributed by atoms with Gasteiger partial charge < -0.3 is 24.4 Å². The van der Waals surface area contributed by atoms with Crippen molar-refractivity contribution in [3.8, 4) is 17.2 Å². The third kappa shape index (κ3) is 4.99. The Kier molecular flexibility index (Phi) is 6.40. The van der Waals surface area contributed by atoms with Gasteiger partial charge in [-0.3, -0.25) is 9.59 Å². The van der Waals surface area contributed by atoms with Crippen LogP contribution in [0.25, 0.3) is 6.08 Å². The third-order valence-electron chi connectivity index (χ3n) is 5.44. The van der Waals surface area contributed by atoms with Crippen LogP contribution in [-0.2, 0) is 9.59 Å². The molecule has 2 aliphatic heterocycles. The number of piperidine rings is 1. The molecule has 2 amide bonds. The summed E-state index contributed by atoms with van der Waals surface area (Å²) < 4.78 is 16.2. The highest BCUT2D eigenvalue weighted by molar-refractivity contribution is 5.94. The number of amides is 2.